The summed E-state index contributed by atoms with van der Waals surface area (Å²) in [6.45, 7) is 14.0. The Kier molecular flexibility index (Phi) is 4.95. The van der Waals surface area contributed by atoms with Gasteiger partial charge in [-0.1, -0.05) is 39.8 Å². The molecule has 0 aromatic carbocycles. The van der Waals surface area contributed by atoms with Crippen molar-refractivity contribution in [2.45, 2.75) is 72.3 Å². The lowest BCUT2D eigenvalue weighted by Gasteiger charge is -2.22. The highest BCUT2D eigenvalue weighted by molar-refractivity contribution is 5.76. The van der Waals surface area contributed by atoms with Crippen molar-refractivity contribution in [1.29, 1.82) is 0 Å². The predicted octanol–water partition coefficient (Wildman–Crippen LogP) is 3.15. The highest BCUT2D eigenvalue weighted by Crippen LogP contribution is 2.24. The molecule has 0 atom stereocenters. The van der Waals surface area contributed by atoms with Crippen LogP contribution in [0.5, 0.6) is 0 Å². The van der Waals surface area contributed by atoms with E-state index in [4.69, 9.17) is 4.52 Å². The minimum atomic E-state index is -0.624. The summed E-state index contributed by atoms with van der Waals surface area (Å²) in [5, 5.41) is 6.97. The van der Waals surface area contributed by atoms with E-state index in [-0.39, 0.29) is 11.3 Å². The first kappa shape index (κ1) is 16.7. The number of carbonyl (C=O) groups is 1. The lowest BCUT2D eigenvalue weighted by Crippen LogP contribution is -2.42. The Hall–Kier alpha value is -1.39. The van der Waals surface area contributed by atoms with Gasteiger partial charge in [-0.2, -0.15) is 4.98 Å². The molecule has 0 aliphatic heterocycles. The summed E-state index contributed by atoms with van der Waals surface area (Å²) in [5.74, 6) is 1.63. The van der Waals surface area contributed by atoms with Crippen LogP contribution in [-0.2, 0) is 15.7 Å². The topological polar surface area (TPSA) is 68.0 Å². The van der Waals surface area contributed by atoms with Crippen molar-refractivity contribution in [3.63, 3.8) is 0 Å². The smallest absolute Gasteiger partial charge is 0.232 e. The molecule has 0 fully saturated rings. The fourth-order valence-electron chi connectivity index (χ4n) is 1.67. The first-order chi connectivity index (χ1) is 9.02. The molecular formula is C15H27N3O2. The van der Waals surface area contributed by atoms with E-state index in [1.54, 1.807) is 0 Å². The van der Waals surface area contributed by atoms with Crippen molar-refractivity contribution >= 4 is 5.91 Å². The zero-order valence-corrected chi connectivity index (χ0v) is 13.7. The molecule has 1 heterocycles. The van der Waals surface area contributed by atoms with Crippen LogP contribution in [0.25, 0.3) is 0 Å². The van der Waals surface area contributed by atoms with E-state index in [9.17, 15) is 4.79 Å². The summed E-state index contributed by atoms with van der Waals surface area (Å²) < 4.78 is 5.28. The Morgan fingerprint density at radius 3 is 2.30 bits per heavy atom. The predicted molar refractivity (Wildman–Crippen MR) is 78.2 cm³/mol. The van der Waals surface area contributed by atoms with E-state index < -0.39 is 5.54 Å². The van der Waals surface area contributed by atoms with Crippen molar-refractivity contribution in [3.05, 3.63) is 11.7 Å². The van der Waals surface area contributed by atoms with Crippen molar-refractivity contribution in [2.24, 2.45) is 5.92 Å². The lowest BCUT2D eigenvalue weighted by molar-refractivity contribution is -0.123. The molecule has 0 radical (unpaired) electrons. The van der Waals surface area contributed by atoms with Gasteiger partial charge < -0.3 is 9.84 Å². The summed E-state index contributed by atoms with van der Waals surface area (Å²) >= 11 is 0. The maximum Gasteiger partial charge on any atom is 0.232 e. The molecule has 0 saturated carbocycles. The third-order valence-corrected chi connectivity index (χ3v) is 3.03. The minimum absolute atomic E-state index is 0.0193. The molecule has 0 bridgehead atoms. The molecular weight excluding hydrogens is 254 g/mol. The maximum absolute atomic E-state index is 11.9. The minimum Gasteiger partial charge on any atom is -0.344 e. The molecule has 1 amide bonds. The Bertz CT molecular complexity index is 456. The van der Waals surface area contributed by atoms with Gasteiger partial charge in [-0.15, -0.1) is 0 Å². The quantitative estimate of drug-likeness (QED) is 0.900. The number of hydrogen-bond donors (Lipinski definition) is 1. The molecule has 5 heteroatoms. The second kappa shape index (κ2) is 5.94. The van der Waals surface area contributed by atoms with Crippen LogP contribution in [0.4, 0.5) is 0 Å². The van der Waals surface area contributed by atoms with Gasteiger partial charge in [0.25, 0.3) is 0 Å². The fraction of sp³-hybridized carbons (Fsp3) is 0.800. The number of amides is 1. The Morgan fingerprint density at radius 2 is 1.85 bits per heavy atom. The SMILES string of the molecule is CC(C)CCC(=O)NC(C)(C)c1noc(C(C)(C)C)n1. The number of nitrogens with one attached hydrogen (secondary N) is 1. The number of aromatic nitrogens is 2. The zero-order chi connectivity index (χ0) is 15.6. The number of carbonyl (C=O) groups excluding carboxylic acids is 1. The second-order valence-corrected chi connectivity index (χ2v) is 7.28. The lowest BCUT2D eigenvalue weighted by atomic mass is 9.96. The first-order valence-electron chi connectivity index (χ1n) is 7.18. The number of nitrogens with zero attached hydrogens (tertiary/aromatic N) is 2. The van der Waals surface area contributed by atoms with Gasteiger partial charge in [-0.05, 0) is 26.2 Å². The molecule has 1 aromatic heterocycles. The van der Waals surface area contributed by atoms with Crippen LogP contribution in [-0.4, -0.2) is 16.0 Å². The van der Waals surface area contributed by atoms with Gasteiger partial charge in [-0.25, -0.2) is 0 Å². The van der Waals surface area contributed by atoms with Crippen LogP contribution in [0.15, 0.2) is 4.52 Å². The third kappa shape index (κ3) is 4.62. The van der Waals surface area contributed by atoms with Gasteiger partial charge >= 0.3 is 0 Å². The Balaban J connectivity index is 2.73. The molecule has 0 aliphatic carbocycles. The van der Waals surface area contributed by atoms with Crippen molar-refractivity contribution in [3.8, 4) is 0 Å². The van der Waals surface area contributed by atoms with Gasteiger partial charge in [0.05, 0.1) is 5.54 Å². The van der Waals surface area contributed by atoms with Crippen molar-refractivity contribution in [2.75, 3.05) is 0 Å². The van der Waals surface area contributed by atoms with Crippen LogP contribution < -0.4 is 5.32 Å². The monoisotopic (exact) mass is 281 g/mol. The average molecular weight is 281 g/mol. The van der Waals surface area contributed by atoms with Crippen LogP contribution in [0, 0.1) is 5.92 Å². The van der Waals surface area contributed by atoms with E-state index in [0.29, 0.717) is 24.1 Å². The van der Waals surface area contributed by atoms with Gasteiger partial charge in [-0.3, -0.25) is 4.79 Å². The highest BCUT2D eigenvalue weighted by Gasteiger charge is 2.31. The van der Waals surface area contributed by atoms with E-state index in [1.807, 2.05) is 34.6 Å². The first-order valence-corrected chi connectivity index (χ1v) is 7.18. The van der Waals surface area contributed by atoms with E-state index in [0.717, 1.165) is 6.42 Å². The summed E-state index contributed by atoms with van der Waals surface area (Å²) in [7, 11) is 0. The van der Waals surface area contributed by atoms with E-state index in [1.165, 1.54) is 0 Å². The summed E-state index contributed by atoms with van der Waals surface area (Å²) in [5.41, 5.74) is -0.815. The summed E-state index contributed by atoms with van der Waals surface area (Å²) in [6.07, 6.45) is 1.40. The molecule has 20 heavy (non-hydrogen) atoms. The molecule has 1 N–H and O–H groups in total. The molecule has 0 spiro atoms. The van der Waals surface area contributed by atoms with Crippen molar-refractivity contribution in [1.82, 2.24) is 15.5 Å². The molecule has 1 rings (SSSR count). The van der Waals surface area contributed by atoms with Crippen LogP contribution in [0.3, 0.4) is 0 Å². The van der Waals surface area contributed by atoms with Gasteiger partial charge in [0, 0.05) is 11.8 Å². The average Bonchev–Trinajstić information content (AvgIpc) is 2.75. The van der Waals surface area contributed by atoms with Crippen molar-refractivity contribution < 1.29 is 9.32 Å². The zero-order valence-electron chi connectivity index (χ0n) is 13.7. The summed E-state index contributed by atoms with van der Waals surface area (Å²) in [4.78, 5) is 16.4. The standard InChI is InChI=1S/C15H27N3O2/c1-10(2)8-9-11(19)17-15(6,7)12-16-13(20-18-12)14(3,4)5/h10H,8-9H2,1-7H3,(H,17,19). The second-order valence-electron chi connectivity index (χ2n) is 7.28. The van der Waals surface area contributed by atoms with Crippen LogP contribution >= 0.6 is 0 Å². The Morgan fingerprint density at radius 1 is 1.25 bits per heavy atom. The van der Waals surface area contributed by atoms with Gasteiger partial charge in [0.1, 0.15) is 0 Å². The van der Waals surface area contributed by atoms with E-state index >= 15 is 0 Å². The normalized spacial score (nSPS) is 12.8. The number of hydrogen-bond acceptors (Lipinski definition) is 4. The third-order valence-electron chi connectivity index (χ3n) is 3.03. The maximum atomic E-state index is 11.9. The highest BCUT2D eigenvalue weighted by atomic mass is 16.5. The summed E-state index contributed by atoms with van der Waals surface area (Å²) in [6, 6.07) is 0. The van der Waals surface area contributed by atoms with E-state index in [2.05, 4.69) is 29.3 Å². The largest absolute Gasteiger partial charge is 0.344 e. The van der Waals surface area contributed by atoms with Crippen LogP contribution in [0.1, 0.15) is 73.0 Å². The number of rotatable bonds is 5. The molecule has 5 nitrogen and oxygen atoms in total. The molecule has 0 saturated heterocycles. The molecule has 1 aromatic rings. The molecule has 0 unspecified atom stereocenters. The molecule has 114 valence electrons. The fourth-order valence-corrected chi connectivity index (χ4v) is 1.67. The molecule has 0 aliphatic rings. The van der Waals surface area contributed by atoms with Gasteiger partial charge in [0.2, 0.25) is 11.8 Å². The van der Waals surface area contributed by atoms with Crippen LogP contribution in [0.2, 0.25) is 0 Å². The Labute approximate surface area is 121 Å². The van der Waals surface area contributed by atoms with Gasteiger partial charge in [0.15, 0.2) is 5.82 Å².